The monoisotopic (exact) mass is 568 g/mol. The molecule has 0 N–H and O–H groups in total. The van der Waals surface area contributed by atoms with Crippen molar-refractivity contribution in [2.45, 2.75) is 0 Å². The topological polar surface area (TPSA) is 29.3 Å². The average molecular weight is 569 g/mol. The van der Waals surface area contributed by atoms with E-state index >= 15 is 0 Å². The first kappa shape index (κ1) is 24.2. The summed E-state index contributed by atoms with van der Waals surface area (Å²) in [5.74, 6) is 0. The van der Waals surface area contributed by atoms with Gasteiger partial charge in [-0.2, -0.15) is 0 Å². The second kappa shape index (κ2) is 9.55. The van der Waals surface area contributed by atoms with Crippen LogP contribution in [0.15, 0.2) is 150 Å². The number of hydrogen-bond donors (Lipinski definition) is 0. The molecule has 3 aromatic heterocycles. The molecule has 9 rings (SSSR count). The van der Waals surface area contributed by atoms with E-state index in [0.29, 0.717) is 0 Å². The number of anilines is 3. The summed E-state index contributed by atoms with van der Waals surface area (Å²) >= 11 is 1.83. The number of thiophene rings is 1. The molecule has 0 fully saturated rings. The van der Waals surface area contributed by atoms with E-state index < -0.39 is 0 Å². The van der Waals surface area contributed by atoms with Crippen molar-refractivity contribution in [1.29, 1.82) is 0 Å². The lowest BCUT2D eigenvalue weighted by Gasteiger charge is -2.25. The second-order valence-electron chi connectivity index (χ2n) is 10.8. The molecule has 0 spiro atoms. The van der Waals surface area contributed by atoms with Crippen molar-refractivity contribution in [2.75, 3.05) is 4.90 Å². The number of hydrogen-bond acceptors (Lipinski definition) is 4. The third kappa shape index (κ3) is 3.84. The van der Waals surface area contributed by atoms with Gasteiger partial charge in [-0.05, 0) is 58.3 Å². The number of fused-ring (bicyclic) bond motifs is 8. The van der Waals surface area contributed by atoms with Crippen LogP contribution in [0.1, 0.15) is 0 Å². The molecule has 0 radical (unpaired) electrons. The molecule has 0 bridgehead atoms. The molecule has 4 heteroatoms. The van der Waals surface area contributed by atoms with E-state index in [9.17, 15) is 0 Å². The molecule has 0 amide bonds. The molecule has 0 unspecified atom stereocenters. The first-order chi connectivity index (χ1) is 21.3. The summed E-state index contributed by atoms with van der Waals surface area (Å²) < 4.78 is 9.21. The number of benzene rings is 6. The zero-order valence-corrected chi connectivity index (χ0v) is 23.9. The van der Waals surface area contributed by atoms with E-state index in [1.807, 2.05) is 29.8 Å². The van der Waals surface area contributed by atoms with E-state index in [2.05, 4.69) is 132 Å². The van der Waals surface area contributed by atoms with Crippen molar-refractivity contribution in [3.63, 3.8) is 0 Å². The van der Waals surface area contributed by atoms with Gasteiger partial charge in [-0.25, -0.2) is 0 Å². The zero-order valence-electron chi connectivity index (χ0n) is 23.1. The largest absolute Gasteiger partial charge is 0.454 e. The molecule has 0 saturated carbocycles. The highest BCUT2D eigenvalue weighted by Gasteiger charge is 2.21. The Balaban J connectivity index is 1.29. The highest BCUT2D eigenvalue weighted by atomic mass is 32.1. The summed E-state index contributed by atoms with van der Waals surface area (Å²) in [5.41, 5.74) is 7.07. The van der Waals surface area contributed by atoms with Gasteiger partial charge in [-0.3, -0.25) is 4.98 Å². The van der Waals surface area contributed by atoms with Crippen LogP contribution in [0.5, 0.6) is 0 Å². The highest BCUT2D eigenvalue weighted by Crippen LogP contribution is 2.45. The standard InChI is InChI=1S/C39H24N2OS/c1-2-8-25(9-3-1)26-14-17-28(18-15-26)41(29-19-20-32-31-12-6-7-13-36(31)43-37(32)22-29)34-24-40-23-33-38-30-11-5-4-10-27(30)16-21-35(38)42-39(33)34/h1-24H. The Hall–Kier alpha value is -5.45. The third-order valence-corrected chi connectivity index (χ3v) is 9.48. The van der Waals surface area contributed by atoms with E-state index in [0.717, 1.165) is 39.0 Å². The average Bonchev–Trinajstić information content (AvgIpc) is 3.64. The lowest BCUT2D eigenvalue weighted by atomic mass is 10.0. The van der Waals surface area contributed by atoms with Gasteiger partial charge in [0, 0.05) is 48.5 Å². The fourth-order valence-electron chi connectivity index (χ4n) is 6.32. The normalized spacial score (nSPS) is 11.7. The SMILES string of the molecule is c1ccc(-c2ccc(N(c3ccc4c(c3)sc3ccccc34)c3cncc4c3oc3ccc5ccccc5c34)cc2)cc1. The lowest BCUT2D eigenvalue weighted by Crippen LogP contribution is -2.10. The van der Waals surface area contributed by atoms with Crippen LogP contribution in [0.3, 0.4) is 0 Å². The Bertz CT molecular complexity index is 2460. The van der Waals surface area contributed by atoms with Crippen LogP contribution in [0.2, 0.25) is 0 Å². The quantitative estimate of drug-likeness (QED) is 0.211. The summed E-state index contributed by atoms with van der Waals surface area (Å²) in [6.07, 6.45) is 3.86. The Labute approximate surface area is 251 Å². The zero-order chi connectivity index (χ0) is 28.3. The minimum absolute atomic E-state index is 0.824. The van der Waals surface area contributed by atoms with Crippen molar-refractivity contribution >= 4 is 81.3 Å². The fraction of sp³-hybridized carbons (Fsp3) is 0. The van der Waals surface area contributed by atoms with E-state index in [4.69, 9.17) is 9.40 Å². The Kier molecular flexibility index (Phi) is 5.37. The molecular formula is C39H24N2OS. The third-order valence-electron chi connectivity index (χ3n) is 8.34. The number of pyridine rings is 1. The maximum absolute atomic E-state index is 6.67. The summed E-state index contributed by atoms with van der Waals surface area (Å²) in [6.45, 7) is 0. The summed E-state index contributed by atoms with van der Waals surface area (Å²) in [7, 11) is 0. The maximum Gasteiger partial charge on any atom is 0.162 e. The van der Waals surface area contributed by atoms with E-state index in [1.54, 1.807) is 0 Å². The second-order valence-corrected chi connectivity index (χ2v) is 11.9. The number of aromatic nitrogens is 1. The summed E-state index contributed by atoms with van der Waals surface area (Å²) in [5, 5.41) is 7.03. The van der Waals surface area contributed by atoms with Crippen LogP contribution in [0, 0.1) is 0 Å². The van der Waals surface area contributed by atoms with Gasteiger partial charge in [-0.15, -0.1) is 11.3 Å². The van der Waals surface area contributed by atoms with Crippen molar-refractivity contribution in [3.05, 3.63) is 146 Å². The van der Waals surface area contributed by atoms with Gasteiger partial charge >= 0.3 is 0 Å². The molecule has 9 aromatic rings. The molecule has 0 atom stereocenters. The molecule has 0 saturated heterocycles. The molecule has 202 valence electrons. The van der Waals surface area contributed by atoms with Crippen LogP contribution in [0.4, 0.5) is 17.1 Å². The number of rotatable bonds is 4. The van der Waals surface area contributed by atoms with Crippen molar-refractivity contribution in [2.24, 2.45) is 0 Å². The number of furan rings is 1. The summed E-state index contributed by atoms with van der Waals surface area (Å²) in [6, 6.07) is 47.3. The van der Waals surface area contributed by atoms with Crippen molar-refractivity contribution in [1.82, 2.24) is 4.98 Å². The Morgan fingerprint density at radius 2 is 1.26 bits per heavy atom. The van der Waals surface area contributed by atoms with Crippen molar-refractivity contribution < 1.29 is 4.42 Å². The number of nitrogens with zero attached hydrogens (tertiary/aromatic N) is 2. The van der Waals surface area contributed by atoms with E-state index in [1.165, 1.54) is 42.1 Å². The van der Waals surface area contributed by atoms with Gasteiger partial charge in [0.1, 0.15) is 11.3 Å². The van der Waals surface area contributed by atoms with Crippen LogP contribution in [0.25, 0.3) is 64.0 Å². The lowest BCUT2D eigenvalue weighted by molar-refractivity contribution is 0.669. The molecule has 0 aliphatic rings. The molecule has 6 aromatic carbocycles. The van der Waals surface area contributed by atoms with E-state index in [-0.39, 0.29) is 0 Å². The van der Waals surface area contributed by atoms with Gasteiger partial charge in [-0.1, -0.05) is 97.1 Å². The predicted molar refractivity (Wildman–Crippen MR) is 182 cm³/mol. The minimum atomic E-state index is 0.824. The first-order valence-corrected chi connectivity index (χ1v) is 15.2. The van der Waals surface area contributed by atoms with Crippen molar-refractivity contribution in [3.8, 4) is 11.1 Å². The Morgan fingerprint density at radius 3 is 2.14 bits per heavy atom. The molecule has 3 nitrogen and oxygen atoms in total. The van der Waals surface area contributed by atoms with Gasteiger partial charge in [0.05, 0.1) is 6.20 Å². The smallest absolute Gasteiger partial charge is 0.162 e. The minimum Gasteiger partial charge on any atom is -0.454 e. The van der Waals surface area contributed by atoms with Gasteiger partial charge in [0.2, 0.25) is 0 Å². The van der Waals surface area contributed by atoms with Crippen LogP contribution >= 0.6 is 11.3 Å². The fourth-order valence-corrected chi connectivity index (χ4v) is 7.46. The first-order valence-electron chi connectivity index (χ1n) is 14.4. The molecular weight excluding hydrogens is 545 g/mol. The molecule has 43 heavy (non-hydrogen) atoms. The van der Waals surface area contributed by atoms with Gasteiger partial charge in [0.15, 0.2) is 5.58 Å². The molecule has 0 aliphatic carbocycles. The van der Waals surface area contributed by atoms with Gasteiger partial charge in [0.25, 0.3) is 0 Å². The molecule has 3 heterocycles. The molecule has 0 aliphatic heterocycles. The van der Waals surface area contributed by atoms with Gasteiger partial charge < -0.3 is 9.32 Å². The van der Waals surface area contributed by atoms with Crippen LogP contribution < -0.4 is 4.90 Å². The predicted octanol–water partition coefficient (Wildman–Crippen LogP) is 11.6. The summed E-state index contributed by atoms with van der Waals surface area (Å²) in [4.78, 5) is 7.05. The highest BCUT2D eigenvalue weighted by molar-refractivity contribution is 7.25. The Morgan fingerprint density at radius 1 is 0.535 bits per heavy atom. The van der Waals surface area contributed by atoms with Crippen LogP contribution in [-0.4, -0.2) is 4.98 Å². The van der Waals surface area contributed by atoms with Crippen LogP contribution in [-0.2, 0) is 0 Å². The maximum atomic E-state index is 6.67.